The largest absolute Gasteiger partial charge is 0.381 e. The molecular formula is C17H22FN5O3. The van der Waals surface area contributed by atoms with E-state index in [2.05, 4.69) is 25.8 Å². The van der Waals surface area contributed by atoms with E-state index >= 15 is 0 Å². The number of rotatable bonds is 5. The van der Waals surface area contributed by atoms with E-state index in [0.29, 0.717) is 24.9 Å². The summed E-state index contributed by atoms with van der Waals surface area (Å²) >= 11 is 0. The molecule has 2 aromatic rings. The van der Waals surface area contributed by atoms with Gasteiger partial charge >= 0.3 is 6.03 Å². The zero-order valence-corrected chi connectivity index (χ0v) is 14.7. The van der Waals surface area contributed by atoms with Crippen LogP contribution in [0.15, 0.2) is 22.9 Å². The summed E-state index contributed by atoms with van der Waals surface area (Å²) < 4.78 is 23.7. The molecule has 1 aliphatic heterocycles. The van der Waals surface area contributed by atoms with Gasteiger partial charge in [-0.25, -0.2) is 14.2 Å². The Morgan fingerprint density at radius 2 is 2.08 bits per heavy atom. The maximum Gasteiger partial charge on any atom is 0.321 e. The van der Waals surface area contributed by atoms with Gasteiger partial charge in [-0.05, 0) is 30.9 Å². The minimum Gasteiger partial charge on any atom is -0.381 e. The summed E-state index contributed by atoms with van der Waals surface area (Å²) in [5.74, 6) is 1.00. The molecule has 2 aromatic heterocycles. The third-order valence-electron chi connectivity index (χ3n) is 4.23. The topological polar surface area (TPSA) is 102 Å². The first kappa shape index (κ1) is 18.2. The van der Waals surface area contributed by atoms with Gasteiger partial charge < -0.3 is 14.6 Å². The Hall–Kier alpha value is -2.55. The summed E-state index contributed by atoms with van der Waals surface area (Å²) in [6, 6.07) is 1.72. The van der Waals surface area contributed by atoms with Crippen LogP contribution in [0.5, 0.6) is 0 Å². The number of aromatic nitrogens is 3. The van der Waals surface area contributed by atoms with Crippen molar-refractivity contribution in [2.24, 2.45) is 5.92 Å². The van der Waals surface area contributed by atoms with Crippen LogP contribution in [0.4, 0.5) is 15.0 Å². The van der Waals surface area contributed by atoms with Crippen molar-refractivity contribution in [3.05, 3.63) is 35.9 Å². The molecule has 0 aliphatic carbocycles. The quantitative estimate of drug-likeness (QED) is 0.847. The van der Waals surface area contributed by atoms with Crippen LogP contribution >= 0.6 is 0 Å². The molecule has 0 radical (unpaired) electrons. The van der Waals surface area contributed by atoms with Gasteiger partial charge in [-0.3, -0.25) is 5.32 Å². The first-order chi connectivity index (χ1) is 12.5. The van der Waals surface area contributed by atoms with Crippen LogP contribution in [0.25, 0.3) is 0 Å². The molecule has 1 fully saturated rings. The number of carbonyl (C=O) groups excluding carboxylic acids is 1. The molecule has 3 rings (SSSR count). The highest BCUT2D eigenvalue weighted by Gasteiger charge is 2.31. The van der Waals surface area contributed by atoms with Gasteiger partial charge in [0.05, 0.1) is 6.20 Å². The highest BCUT2D eigenvalue weighted by Crippen LogP contribution is 2.30. The Balaban J connectivity index is 1.73. The van der Waals surface area contributed by atoms with Crippen molar-refractivity contribution in [2.45, 2.75) is 38.6 Å². The van der Waals surface area contributed by atoms with Crippen LogP contribution in [-0.4, -0.2) is 34.4 Å². The number of pyridine rings is 1. The molecule has 8 nitrogen and oxygen atoms in total. The molecule has 2 amide bonds. The Bertz CT molecular complexity index is 728. The van der Waals surface area contributed by atoms with E-state index in [1.54, 1.807) is 0 Å². The molecule has 0 aromatic carbocycles. The van der Waals surface area contributed by atoms with Gasteiger partial charge in [-0.2, -0.15) is 4.98 Å². The first-order valence-corrected chi connectivity index (χ1v) is 8.63. The lowest BCUT2D eigenvalue weighted by molar-refractivity contribution is 0.0506. The Morgan fingerprint density at radius 3 is 2.69 bits per heavy atom. The van der Waals surface area contributed by atoms with Gasteiger partial charge in [-0.1, -0.05) is 19.0 Å². The number of halogens is 1. The predicted octanol–water partition coefficient (Wildman–Crippen LogP) is 3.02. The molecule has 9 heteroatoms. The van der Waals surface area contributed by atoms with Crippen LogP contribution < -0.4 is 10.6 Å². The monoisotopic (exact) mass is 363 g/mol. The third kappa shape index (κ3) is 4.54. The van der Waals surface area contributed by atoms with Gasteiger partial charge in [0, 0.05) is 19.1 Å². The maximum atomic E-state index is 12.9. The number of ether oxygens (including phenoxy) is 1. The third-order valence-corrected chi connectivity index (χ3v) is 4.23. The van der Waals surface area contributed by atoms with Gasteiger partial charge in [0.2, 0.25) is 5.89 Å². The molecule has 3 heterocycles. The summed E-state index contributed by atoms with van der Waals surface area (Å²) in [5.41, 5.74) is 0. The number of nitrogens with one attached hydrogen (secondary N) is 2. The molecule has 0 unspecified atom stereocenters. The second kappa shape index (κ2) is 8.22. The van der Waals surface area contributed by atoms with E-state index in [0.717, 1.165) is 19.0 Å². The number of urea groups is 1. The number of hydrogen-bond donors (Lipinski definition) is 2. The van der Waals surface area contributed by atoms with E-state index in [-0.39, 0.29) is 17.7 Å². The summed E-state index contributed by atoms with van der Waals surface area (Å²) in [6.45, 7) is 5.18. The summed E-state index contributed by atoms with van der Waals surface area (Å²) in [5, 5.41) is 9.46. The molecule has 1 atom stereocenters. The second-order valence-electron chi connectivity index (χ2n) is 6.53. The maximum absolute atomic E-state index is 12.9. The molecule has 2 N–H and O–H groups in total. The molecular weight excluding hydrogens is 341 g/mol. The van der Waals surface area contributed by atoms with Gasteiger partial charge in [0.25, 0.3) is 0 Å². The number of anilines is 1. The van der Waals surface area contributed by atoms with Gasteiger partial charge in [-0.15, -0.1) is 0 Å². The van der Waals surface area contributed by atoms with Crippen molar-refractivity contribution in [3.63, 3.8) is 0 Å². The fourth-order valence-corrected chi connectivity index (χ4v) is 2.78. The van der Waals surface area contributed by atoms with Crippen molar-refractivity contribution in [3.8, 4) is 0 Å². The molecule has 0 bridgehead atoms. The lowest BCUT2D eigenvalue weighted by Crippen LogP contribution is -2.38. The zero-order valence-electron chi connectivity index (χ0n) is 14.7. The van der Waals surface area contributed by atoms with Crippen LogP contribution in [-0.2, 0) is 4.74 Å². The number of carbonyl (C=O) groups is 1. The van der Waals surface area contributed by atoms with E-state index < -0.39 is 17.9 Å². The minimum atomic E-state index is -0.469. The first-order valence-electron chi connectivity index (χ1n) is 8.63. The molecule has 26 heavy (non-hydrogen) atoms. The molecule has 0 spiro atoms. The minimum absolute atomic E-state index is 0.121. The van der Waals surface area contributed by atoms with Crippen LogP contribution in [0.3, 0.4) is 0 Å². The lowest BCUT2D eigenvalue weighted by atomic mass is 9.91. The number of nitrogens with zero attached hydrogens (tertiary/aromatic N) is 3. The van der Waals surface area contributed by atoms with Crippen molar-refractivity contribution >= 4 is 11.8 Å². The van der Waals surface area contributed by atoms with Crippen molar-refractivity contribution in [1.29, 1.82) is 0 Å². The Morgan fingerprint density at radius 1 is 1.31 bits per heavy atom. The zero-order chi connectivity index (χ0) is 18.5. The predicted molar refractivity (Wildman–Crippen MR) is 91.0 cm³/mol. The Labute approximate surface area is 150 Å². The number of amides is 2. The SMILES string of the molecule is CC(C)c1noc([C@@H](NC(=O)Nc2ccc(F)cn2)C2CCOCC2)n1. The standard InChI is InChI=1S/C17H22FN5O3/c1-10(2)15-22-16(26-23-15)14(11-5-7-25-8-6-11)21-17(24)20-13-4-3-12(18)9-19-13/h3-4,9-11,14H,5-8H2,1-2H3,(H2,19,20,21,24)/t14-/m0/s1. The molecule has 140 valence electrons. The van der Waals surface area contributed by atoms with Crippen molar-refractivity contribution < 1.29 is 18.4 Å². The fraction of sp³-hybridized carbons (Fsp3) is 0.529. The van der Waals surface area contributed by atoms with Gasteiger partial charge in [0.15, 0.2) is 5.82 Å². The second-order valence-corrected chi connectivity index (χ2v) is 6.53. The fourth-order valence-electron chi connectivity index (χ4n) is 2.78. The van der Waals surface area contributed by atoms with E-state index in [1.807, 2.05) is 13.8 Å². The summed E-state index contributed by atoms with van der Waals surface area (Å²) in [6.07, 6.45) is 2.59. The average molecular weight is 363 g/mol. The van der Waals surface area contributed by atoms with E-state index in [1.165, 1.54) is 12.1 Å². The van der Waals surface area contributed by atoms with Crippen molar-refractivity contribution in [2.75, 3.05) is 18.5 Å². The molecule has 1 saturated heterocycles. The van der Waals surface area contributed by atoms with E-state index in [9.17, 15) is 9.18 Å². The van der Waals surface area contributed by atoms with Crippen molar-refractivity contribution in [1.82, 2.24) is 20.4 Å². The summed E-state index contributed by atoms with van der Waals surface area (Å²) in [7, 11) is 0. The normalized spacial score (nSPS) is 16.5. The average Bonchev–Trinajstić information content (AvgIpc) is 3.12. The highest BCUT2D eigenvalue weighted by molar-refractivity contribution is 5.88. The van der Waals surface area contributed by atoms with Crippen LogP contribution in [0.2, 0.25) is 0 Å². The molecule has 1 aliphatic rings. The van der Waals surface area contributed by atoms with Gasteiger partial charge in [0.1, 0.15) is 17.7 Å². The number of hydrogen-bond acceptors (Lipinski definition) is 6. The smallest absolute Gasteiger partial charge is 0.321 e. The van der Waals surface area contributed by atoms with Crippen LogP contribution in [0.1, 0.15) is 50.4 Å². The Kier molecular flexibility index (Phi) is 5.77. The highest BCUT2D eigenvalue weighted by atomic mass is 19.1. The lowest BCUT2D eigenvalue weighted by Gasteiger charge is -2.28. The van der Waals surface area contributed by atoms with Crippen LogP contribution in [0, 0.1) is 11.7 Å². The van der Waals surface area contributed by atoms with E-state index in [4.69, 9.17) is 9.26 Å². The molecule has 0 saturated carbocycles. The summed E-state index contributed by atoms with van der Waals surface area (Å²) in [4.78, 5) is 20.6.